The van der Waals surface area contributed by atoms with Gasteiger partial charge in [-0.25, -0.2) is 0 Å². The number of nitrogens with zero attached hydrogens (tertiary/aromatic N) is 2. The minimum Gasteiger partial charge on any atom is -0.368 e. The van der Waals surface area contributed by atoms with Crippen molar-refractivity contribution in [3.8, 4) is 0 Å². The van der Waals surface area contributed by atoms with Gasteiger partial charge in [0.2, 0.25) is 5.91 Å². The number of aromatic nitrogens is 2. The van der Waals surface area contributed by atoms with E-state index in [0.717, 1.165) is 30.4 Å². The molecule has 0 radical (unpaired) electrons. The number of carbonyl (C=O) groups is 1. The summed E-state index contributed by atoms with van der Waals surface area (Å²) in [5.41, 5.74) is 4.84. The van der Waals surface area contributed by atoms with E-state index in [4.69, 9.17) is 5.73 Å². The number of hydrogen-bond acceptors (Lipinski definition) is 3. The van der Waals surface area contributed by atoms with Crippen LogP contribution in [0.15, 0.2) is 16.9 Å². The van der Waals surface area contributed by atoms with Crippen molar-refractivity contribution in [2.24, 2.45) is 5.73 Å². The van der Waals surface area contributed by atoms with Crippen molar-refractivity contribution in [3.05, 3.63) is 16.9 Å². The first kappa shape index (κ1) is 15.2. The Morgan fingerprint density at radius 2 is 2.39 bits per heavy atom. The van der Waals surface area contributed by atoms with Crippen molar-refractivity contribution >= 4 is 21.8 Å². The van der Waals surface area contributed by atoms with Crippen LogP contribution in [-0.4, -0.2) is 27.8 Å². The second-order valence-electron chi connectivity index (χ2n) is 4.65. The monoisotopic (exact) mass is 316 g/mol. The van der Waals surface area contributed by atoms with E-state index in [-0.39, 0.29) is 5.91 Å². The molecule has 0 saturated carbocycles. The molecule has 0 bridgehead atoms. The zero-order chi connectivity index (χ0) is 13.6. The van der Waals surface area contributed by atoms with E-state index >= 15 is 0 Å². The lowest BCUT2D eigenvalue weighted by atomic mass is 9.94. The Bertz CT molecular complexity index is 393. The molecule has 0 spiro atoms. The van der Waals surface area contributed by atoms with Gasteiger partial charge in [-0.15, -0.1) is 0 Å². The van der Waals surface area contributed by atoms with Crippen LogP contribution in [0.4, 0.5) is 0 Å². The third-order valence-corrected chi connectivity index (χ3v) is 3.38. The molecule has 0 saturated heterocycles. The van der Waals surface area contributed by atoms with Gasteiger partial charge in [0.15, 0.2) is 0 Å². The Morgan fingerprint density at radius 1 is 1.67 bits per heavy atom. The molecule has 1 atom stereocenters. The first-order chi connectivity index (χ1) is 8.48. The molecule has 0 aliphatic carbocycles. The predicted molar refractivity (Wildman–Crippen MR) is 75.1 cm³/mol. The van der Waals surface area contributed by atoms with E-state index in [9.17, 15) is 4.79 Å². The highest BCUT2D eigenvalue weighted by Gasteiger charge is 2.29. The second-order valence-corrected chi connectivity index (χ2v) is 5.56. The third kappa shape index (κ3) is 4.42. The molecule has 1 aromatic heterocycles. The maximum absolute atomic E-state index is 11.5. The van der Waals surface area contributed by atoms with Gasteiger partial charge >= 0.3 is 0 Å². The summed E-state index contributed by atoms with van der Waals surface area (Å²) in [6.07, 6.45) is 6.21. The lowest BCUT2D eigenvalue weighted by Crippen LogP contribution is -2.53. The van der Waals surface area contributed by atoms with Gasteiger partial charge in [-0.1, -0.05) is 6.92 Å². The highest BCUT2D eigenvalue weighted by Crippen LogP contribution is 2.14. The third-order valence-electron chi connectivity index (χ3n) is 2.97. The molecule has 102 valence electrons. The molecular weight excluding hydrogens is 296 g/mol. The zero-order valence-electron chi connectivity index (χ0n) is 10.9. The lowest BCUT2D eigenvalue weighted by molar-refractivity contribution is -0.124. The summed E-state index contributed by atoms with van der Waals surface area (Å²) in [5.74, 6) is -0.294. The number of primary amides is 1. The second kappa shape index (κ2) is 6.89. The number of amides is 1. The number of aryl methyl sites for hydroxylation is 1. The van der Waals surface area contributed by atoms with Crippen molar-refractivity contribution in [2.75, 3.05) is 6.54 Å². The topological polar surface area (TPSA) is 72.9 Å². The number of rotatable bonds is 8. The Hall–Kier alpha value is -0.880. The summed E-state index contributed by atoms with van der Waals surface area (Å²) in [7, 11) is 0. The number of halogens is 1. The van der Waals surface area contributed by atoms with Crippen molar-refractivity contribution in [2.45, 2.75) is 45.2 Å². The maximum Gasteiger partial charge on any atom is 0.237 e. The molecule has 1 amide bonds. The fraction of sp³-hybridized carbons (Fsp3) is 0.667. The molecule has 18 heavy (non-hydrogen) atoms. The van der Waals surface area contributed by atoms with E-state index in [1.807, 2.05) is 17.8 Å². The van der Waals surface area contributed by atoms with Crippen LogP contribution in [0.2, 0.25) is 0 Å². The van der Waals surface area contributed by atoms with Crippen molar-refractivity contribution < 1.29 is 4.79 Å². The van der Waals surface area contributed by atoms with Gasteiger partial charge in [-0.3, -0.25) is 9.48 Å². The minimum atomic E-state index is -0.625. The first-order valence-electron chi connectivity index (χ1n) is 6.21. The maximum atomic E-state index is 11.5. The predicted octanol–water partition coefficient (Wildman–Crippen LogP) is 1.67. The number of nitrogens with two attached hydrogens (primary N) is 1. The summed E-state index contributed by atoms with van der Waals surface area (Å²) >= 11 is 3.35. The summed E-state index contributed by atoms with van der Waals surface area (Å²) < 4.78 is 2.81. The molecule has 1 aromatic rings. The van der Waals surface area contributed by atoms with E-state index in [0.29, 0.717) is 6.42 Å². The lowest BCUT2D eigenvalue weighted by Gasteiger charge is -2.27. The SMILES string of the molecule is CCCNC(C)(CCCn1cc(Br)cn1)C(N)=O. The molecule has 0 aliphatic heterocycles. The molecule has 1 unspecified atom stereocenters. The molecule has 1 rings (SSSR count). The fourth-order valence-corrected chi connectivity index (χ4v) is 2.08. The molecule has 0 aliphatic rings. The van der Waals surface area contributed by atoms with Gasteiger partial charge in [-0.05, 0) is 48.7 Å². The summed E-state index contributed by atoms with van der Waals surface area (Å²) in [6, 6.07) is 0. The van der Waals surface area contributed by atoms with Crippen LogP contribution < -0.4 is 11.1 Å². The Labute approximate surface area is 116 Å². The van der Waals surface area contributed by atoms with Crippen LogP contribution in [0, 0.1) is 0 Å². The molecule has 0 fully saturated rings. The van der Waals surface area contributed by atoms with E-state index < -0.39 is 5.54 Å². The van der Waals surface area contributed by atoms with Gasteiger partial charge in [0.1, 0.15) is 0 Å². The molecule has 1 heterocycles. The summed E-state index contributed by atoms with van der Waals surface area (Å²) in [6.45, 7) is 5.51. The smallest absolute Gasteiger partial charge is 0.237 e. The highest BCUT2D eigenvalue weighted by atomic mass is 79.9. The van der Waals surface area contributed by atoms with Crippen molar-refractivity contribution in [1.29, 1.82) is 0 Å². The average molecular weight is 317 g/mol. The Kier molecular flexibility index (Phi) is 5.81. The van der Waals surface area contributed by atoms with E-state index in [1.165, 1.54) is 0 Å². The van der Waals surface area contributed by atoms with Crippen molar-refractivity contribution in [1.82, 2.24) is 15.1 Å². The van der Waals surface area contributed by atoms with Crippen LogP contribution >= 0.6 is 15.9 Å². The highest BCUT2D eigenvalue weighted by molar-refractivity contribution is 9.10. The van der Waals surface area contributed by atoms with Crippen molar-refractivity contribution in [3.63, 3.8) is 0 Å². The molecule has 0 aromatic carbocycles. The summed E-state index contributed by atoms with van der Waals surface area (Å²) in [4.78, 5) is 11.5. The number of nitrogens with one attached hydrogen (secondary N) is 1. The van der Waals surface area contributed by atoms with Gasteiger partial charge in [0, 0.05) is 12.7 Å². The standard InChI is InChI=1S/C12H21BrN4O/c1-3-6-15-12(2,11(14)18)5-4-7-17-9-10(13)8-16-17/h8-9,15H,3-7H2,1-2H3,(H2,14,18). The average Bonchev–Trinajstić information content (AvgIpc) is 2.72. The fourth-order valence-electron chi connectivity index (χ4n) is 1.75. The molecule has 5 nitrogen and oxygen atoms in total. The first-order valence-corrected chi connectivity index (χ1v) is 7.00. The van der Waals surface area contributed by atoms with Gasteiger partial charge in [-0.2, -0.15) is 5.10 Å². The molecular formula is C12H21BrN4O. The van der Waals surface area contributed by atoms with Gasteiger partial charge in [0.05, 0.1) is 16.2 Å². The summed E-state index contributed by atoms with van der Waals surface area (Å²) in [5, 5.41) is 7.40. The quantitative estimate of drug-likeness (QED) is 0.766. The molecule has 6 heteroatoms. The normalized spacial score (nSPS) is 14.4. The largest absolute Gasteiger partial charge is 0.368 e. The molecule has 3 N–H and O–H groups in total. The Balaban J connectivity index is 2.44. The van der Waals surface area contributed by atoms with Crippen LogP contribution in [0.3, 0.4) is 0 Å². The van der Waals surface area contributed by atoms with Crippen LogP contribution in [0.25, 0.3) is 0 Å². The Morgan fingerprint density at radius 3 is 2.89 bits per heavy atom. The van der Waals surface area contributed by atoms with Gasteiger partial charge < -0.3 is 11.1 Å². The minimum absolute atomic E-state index is 0.294. The van der Waals surface area contributed by atoms with E-state index in [1.54, 1.807) is 6.20 Å². The van der Waals surface area contributed by atoms with Crippen LogP contribution in [-0.2, 0) is 11.3 Å². The van der Waals surface area contributed by atoms with Gasteiger partial charge in [0.25, 0.3) is 0 Å². The zero-order valence-corrected chi connectivity index (χ0v) is 12.5. The number of carbonyl (C=O) groups excluding carboxylic acids is 1. The van der Waals surface area contributed by atoms with E-state index in [2.05, 4.69) is 33.3 Å². The van der Waals surface area contributed by atoms with Crippen LogP contribution in [0.5, 0.6) is 0 Å². The number of hydrogen-bond donors (Lipinski definition) is 2. The van der Waals surface area contributed by atoms with Crippen LogP contribution in [0.1, 0.15) is 33.1 Å².